The molecule has 0 radical (unpaired) electrons. The summed E-state index contributed by atoms with van der Waals surface area (Å²) in [7, 11) is 0. The topological polar surface area (TPSA) is 78.9 Å². The highest BCUT2D eigenvalue weighted by molar-refractivity contribution is 6.19. The molecular weight excluding hydrogens is 312 g/mol. The summed E-state index contributed by atoms with van der Waals surface area (Å²) >= 11 is 0. The molecule has 0 N–H and O–H groups in total. The standard InChI is InChI=1S/C18H24O6/c1-5-22-15(19)18(16(20)23-6-2,17(21)24-7-3)13(4)14-11-9-8-10-12-14/h8-13H,5-7H2,1-4H3/t13-/m0/s1. The molecule has 0 bridgehead atoms. The van der Waals surface area contributed by atoms with E-state index < -0.39 is 29.2 Å². The van der Waals surface area contributed by atoms with Gasteiger partial charge in [0, 0.05) is 5.92 Å². The molecule has 0 aliphatic rings. The number of rotatable bonds is 8. The first-order chi connectivity index (χ1) is 11.5. The molecule has 0 aromatic heterocycles. The van der Waals surface area contributed by atoms with E-state index in [2.05, 4.69) is 0 Å². The number of esters is 3. The Labute approximate surface area is 142 Å². The predicted molar refractivity (Wildman–Crippen MR) is 87.2 cm³/mol. The molecule has 0 fully saturated rings. The van der Waals surface area contributed by atoms with Crippen molar-refractivity contribution < 1.29 is 28.6 Å². The fourth-order valence-electron chi connectivity index (χ4n) is 2.51. The molecular formula is C18H24O6. The van der Waals surface area contributed by atoms with E-state index in [0.29, 0.717) is 5.56 Å². The fraction of sp³-hybridized carbons (Fsp3) is 0.500. The minimum atomic E-state index is -2.19. The van der Waals surface area contributed by atoms with Crippen molar-refractivity contribution in [2.45, 2.75) is 33.6 Å². The Morgan fingerprint density at radius 3 is 1.54 bits per heavy atom. The van der Waals surface area contributed by atoms with Crippen molar-refractivity contribution in [3.63, 3.8) is 0 Å². The van der Waals surface area contributed by atoms with Crippen molar-refractivity contribution in [1.29, 1.82) is 0 Å². The smallest absolute Gasteiger partial charge is 0.335 e. The lowest BCUT2D eigenvalue weighted by molar-refractivity contribution is -0.185. The van der Waals surface area contributed by atoms with Crippen LogP contribution < -0.4 is 0 Å². The van der Waals surface area contributed by atoms with E-state index in [9.17, 15) is 14.4 Å². The highest BCUT2D eigenvalue weighted by Gasteiger charge is 2.61. The van der Waals surface area contributed by atoms with E-state index in [4.69, 9.17) is 14.2 Å². The number of benzene rings is 1. The van der Waals surface area contributed by atoms with Crippen LogP contribution in [0.3, 0.4) is 0 Å². The Morgan fingerprint density at radius 2 is 1.21 bits per heavy atom. The highest BCUT2D eigenvalue weighted by atomic mass is 16.6. The molecule has 0 aliphatic carbocycles. The summed E-state index contributed by atoms with van der Waals surface area (Å²) < 4.78 is 15.1. The Kier molecular flexibility index (Phi) is 7.42. The van der Waals surface area contributed by atoms with Gasteiger partial charge in [-0.25, -0.2) is 0 Å². The van der Waals surface area contributed by atoms with Gasteiger partial charge in [-0.2, -0.15) is 0 Å². The summed E-state index contributed by atoms with van der Waals surface area (Å²) in [5, 5.41) is 0. The second kappa shape index (κ2) is 9.05. The Bertz CT molecular complexity index is 521. The molecule has 1 atom stereocenters. The monoisotopic (exact) mass is 336 g/mol. The van der Waals surface area contributed by atoms with Crippen molar-refractivity contribution in [3.05, 3.63) is 35.9 Å². The van der Waals surface area contributed by atoms with Gasteiger partial charge in [-0.3, -0.25) is 14.4 Å². The van der Waals surface area contributed by atoms with Crippen LogP contribution in [0.4, 0.5) is 0 Å². The molecule has 0 spiro atoms. The lowest BCUT2D eigenvalue weighted by Crippen LogP contribution is -2.52. The molecule has 132 valence electrons. The van der Waals surface area contributed by atoms with E-state index in [1.165, 1.54) is 0 Å². The minimum Gasteiger partial charge on any atom is -0.465 e. The largest absolute Gasteiger partial charge is 0.465 e. The lowest BCUT2D eigenvalue weighted by Gasteiger charge is -2.32. The molecule has 1 aromatic carbocycles. The second-order valence-electron chi connectivity index (χ2n) is 5.10. The number of hydrogen-bond acceptors (Lipinski definition) is 6. The van der Waals surface area contributed by atoms with Gasteiger partial charge in [-0.15, -0.1) is 0 Å². The summed E-state index contributed by atoms with van der Waals surface area (Å²) in [5.41, 5.74) is -1.56. The second-order valence-corrected chi connectivity index (χ2v) is 5.10. The molecule has 24 heavy (non-hydrogen) atoms. The molecule has 1 rings (SSSR count). The molecule has 0 amide bonds. The van der Waals surface area contributed by atoms with Crippen LogP contribution in [0.2, 0.25) is 0 Å². The van der Waals surface area contributed by atoms with Gasteiger partial charge in [0.25, 0.3) is 5.41 Å². The highest BCUT2D eigenvalue weighted by Crippen LogP contribution is 2.40. The van der Waals surface area contributed by atoms with E-state index in [-0.39, 0.29) is 19.8 Å². The summed E-state index contributed by atoms with van der Waals surface area (Å²) in [6.07, 6.45) is 0. The zero-order chi connectivity index (χ0) is 18.2. The average Bonchev–Trinajstić information content (AvgIpc) is 2.57. The molecule has 0 saturated carbocycles. The van der Waals surface area contributed by atoms with Crippen molar-refractivity contribution in [2.75, 3.05) is 19.8 Å². The quantitative estimate of drug-likeness (QED) is 0.412. The number of ether oxygens (including phenoxy) is 3. The van der Waals surface area contributed by atoms with E-state index in [1.807, 2.05) is 0 Å². The third kappa shape index (κ3) is 3.75. The molecule has 1 aromatic rings. The van der Waals surface area contributed by atoms with Crippen LogP contribution in [0.1, 0.15) is 39.2 Å². The molecule has 6 heteroatoms. The first-order valence-electron chi connectivity index (χ1n) is 8.03. The third-order valence-electron chi connectivity index (χ3n) is 3.74. The normalized spacial score (nSPS) is 12.2. The lowest BCUT2D eigenvalue weighted by atomic mass is 9.72. The van der Waals surface area contributed by atoms with Crippen LogP contribution in [0, 0.1) is 5.41 Å². The minimum absolute atomic E-state index is 0.0287. The van der Waals surface area contributed by atoms with Gasteiger partial charge in [0.05, 0.1) is 19.8 Å². The van der Waals surface area contributed by atoms with Gasteiger partial charge in [0.2, 0.25) is 0 Å². The Balaban J connectivity index is 3.52. The average molecular weight is 336 g/mol. The van der Waals surface area contributed by atoms with E-state index in [0.717, 1.165) is 0 Å². The van der Waals surface area contributed by atoms with Crippen LogP contribution >= 0.6 is 0 Å². The van der Waals surface area contributed by atoms with Gasteiger partial charge < -0.3 is 14.2 Å². The van der Waals surface area contributed by atoms with Gasteiger partial charge in [0.15, 0.2) is 0 Å². The van der Waals surface area contributed by atoms with E-state index in [1.54, 1.807) is 58.0 Å². The third-order valence-corrected chi connectivity index (χ3v) is 3.74. The van der Waals surface area contributed by atoms with Gasteiger partial charge in [-0.05, 0) is 26.3 Å². The first kappa shape index (κ1) is 19.7. The number of hydrogen-bond donors (Lipinski definition) is 0. The fourth-order valence-corrected chi connectivity index (χ4v) is 2.51. The molecule has 0 saturated heterocycles. The molecule has 0 unspecified atom stereocenters. The van der Waals surface area contributed by atoms with Gasteiger partial charge >= 0.3 is 17.9 Å². The van der Waals surface area contributed by atoms with Crippen LogP contribution in [0.15, 0.2) is 30.3 Å². The molecule has 0 heterocycles. The van der Waals surface area contributed by atoms with Gasteiger partial charge in [0.1, 0.15) is 0 Å². The summed E-state index contributed by atoms with van der Waals surface area (Å²) in [4.78, 5) is 38.1. The SMILES string of the molecule is CCOC(=O)C(C(=O)OCC)(C(=O)OCC)[C@@H](C)c1ccccc1. The summed E-state index contributed by atoms with van der Waals surface area (Å²) in [6.45, 7) is 6.51. The molecule has 0 aliphatic heterocycles. The number of carbonyl (C=O) groups excluding carboxylic acids is 3. The van der Waals surface area contributed by atoms with Gasteiger partial charge in [-0.1, -0.05) is 37.3 Å². The Hall–Kier alpha value is -2.37. The van der Waals surface area contributed by atoms with Crippen LogP contribution in [-0.2, 0) is 28.6 Å². The van der Waals surface area contributed by atoms with E-state index >= 15 is 0 Å². The van der Waals surface area contributed by atoms with Crippen molar-refractivity contribution in [2.24, 2.45) is 5.41 Å². The zero-order valence-electron chi connectivity index (χ0n) is 14.5. The summed E-state index contributed by atoms with van der Waals surface area (Å²) in [5.74, 6) is -3.69. The van der Waals surface area contributed by atoms with Crippen molar-refractivity contribution >= 4 is 17.9 Å². The maximum atomic E-state index is 12.7. The molecule has 6 nitrogen and oxygen atoms in total. The van der Waals surface area contributed by atoms with Crippen LogP contribution in [0.25, 0.3) is 0 Å². The van der Waals surface area contributed by atoms with Crippen molar-refractivity contribution in [1.82, 2.24) is 0 Å². The zero-order valence-corrected chi connectivity index (χ0v) is 14.5. The van der Waals surface area contributed by atoms with Crippen molar-refractivity contribution in [3.8, 4) is 0 Å². The van der Waals surface area contributed by atoms with Crippen LogP contribution in [0.5, 0.6) is 0 Å². The van der Waals surface area contributed by atoms with Crippen LogP contribution in [-0.4, -0.2) is 37.7 Å². The maximum absolute atomic E-state index is 12.7. The maximum Gasteiger partial charge on any atom is 0.335 e. The Morgan fingerprint density at radius 1 is 0.833 bits per heavy atom. The predicted octanol–water partition coefficient (Wildman–Crippen LogP) is 2.47. The summed E-state index contributed by atoms with van der Waals surface area (Å²) in [6, 6.07) is 8.79. The number of carbonyl (C=O) groups is 3. The first-order valence-corrected chi connectivity index (χ1v) is 8.03.